The minimum atomic E-state index is -0.324. The van der Waals surface area contributed by atoms with Gasteiger partial charge in [0.15, 0.2) is 18.1 Å². The summed E-state index contributed by atoms with van der Waals surface area (Å²) in [5.41, 5.74) is 3.50. The molecule has 1 fully saturated rings. The molecule has 0 saturated carbocycles. The van der Waals surface area contributed by atoms with Crippen LogP contribution in [0.1, 0.15) is 11.6 Å². The number of rotatable bonds is 9. The molecule has 2 aliphatic heterocycles. The monoisotopic (exact) mass is 613 g/mol. The van der Waals surface area contributed by atoms with Gasteiger partial charge in [0.2, 0.25) is 5.91 Å². The molecular formula is C31H33Cl2N3O6. The molecule has 222 valence electrons. The van der Waals surface area contributed by atoms with Crippen molar-refractivity contribution >= 4 is 40.7 Å². The van der Waals surface area contributed by atoms with Crippen molar-refractivity contribution in [3.8, 4) is 28.4 Å². The zero-order valence-electron chi connectivity index (χ0n) is 23.8. The first-order valence-corrected chi connectivity index (χ1v) is 14.3. The van der Waals surface area contributed by atoms with Crippen LogP contribution in [0, 0.1) is 0 Å². The third-order valence-electron chi connectivity index (χ3n) is 7.59. The Morgan fingerprint density at radius 3 is 2.43 bits per heavy atom. The maximum Gasteiger partial charge on any atom is 0.265 e. The molecule has 0 spiro atoms. The molecule has 0 N–H and O–H groups in total. The lowest BCUT2D eigenvalue weighted by atomic mass is 9.97. The topological polar surface area (TPSA) is 80.8 Å². The first kappa shape index (κ1) is 30.0. The summed E-state index contributed by atoms with van der Waals surface area (Å²) in [6.45, 7) is 2.80. The first-order valence-electron chi connectivity index (χ1n) is 13.6. The zero-order chi connectivity index (χ0) is 29.8. The summed E-state index contributed by atoms with van der Waals surface area (Å²) in [5.74, 6) is 1.19. The fourth-order valence-corrected chi connectivity index (χ4v) is 5.56. The number of hydrogen-bond acceptors (Lipinski definition) is 7. The molecular weight excluding hydrogens is 581 g/mol. The summed E-state index contributed by atoms with van der Waals surface area (Å²) in [7, 11) is 4.99. The third-order valence-corrected chi connectivity index (χ3v) is 8.31. The molecule has 1 atom stereocenters. The number of halogens is 2. The molecule has 3 aromatic carbocycles. The summed E-state index contributed by atoms with van der Waals surface area (Å²) in [6.07, 6.45) is 0. The van der Waals surface area contributed by atoms with Crippen molar-refractivity contribution < 1.29 is 28.5 Å². The highest BCUT2D eigenvalue weighted by molar-refractivity contribution is 6.42. The predicted molar refractivity (Wildman–Crippen MR) is 162 cm³/mol. The largest absolute Gasteiger partial charge is 0.493 e. The Balaban J connectivity index is 1.39. The van der Waals surface area contributed by atoms with Crippen LogP contribution in [-0.2, 0) is 14.3 Å². The van der Waals surface area contributed by atoms with Crippen LogP contribution in [0.3, 0.4) is 0 Å². The van der Waals surface area contributed by atoms with Gasteiger partial charge in [0.25, 0.3) is 5.91 Å². The van der Waals surface area contributed by atoms with Crippen molar-refractivity contribution in [3.63, 3.8) is 0 Å². The van der Waals surface area contributed by atoms with Gasteiger partial charge in [0, 0.05) is 32.7 Å². The Labute approximate surface area is 255 Å². The van der Waals surface area contributed by atoms with Crippen molar-refractivity contribution in [2.75, 3.05) is 72.2 Å². The fraction of sp³-hybridized carbons (Fsp3) is 0.355. The molecule has 0 aliphatic carbocycles. The molecule has 3 aromatic rings. The van der Waals surface area contributed by atoms with Crippen molar-refractivity contribution in [1.29, 1.82) is 0 Å². The van der Waals surface area contributed by atoms with E-state index in [-0.39, 0.29) is 36.0 Å². The van der Waals surface area contributed by atoms with Gasteiger partial charge in [-0.05, 0) is 41.0 Å². The van der Waals surface area contributed by atoms with Crippen LogP contribution in [0.2, 0.25) is 10.0 Å². The quantitative estimate of drug-likeness (QED) is 0.338. The minimum Gasteiger partial charge on any atom is -0.493 e. The molecule has 11 heteroatoms. The van der Waals surface area contributed by atoms with Crippen molar-refractivity contribution in [3.05, 3.63) is 70.2 Å². The maximum atomic E-state index is 13.6. The number of amides is 2. The molecule has 1 saturated heterocycles. The van der Waals surface area contributed by atoms with Crippen LogP contribution in [0.25, 0.3) is 11.1 Å². The van der Waals surface area contributed by atoms with E-state index in [9.17, 15) is 9.59 Å². The Bertz CT molecular complexity index is 1460. The van der Waals surface area contributed by atoms with Crippen molar-refractivity contribution in [2.45, 2.75) is 6.04 Å². The second-order valence-electron chi connectivity index (χ2n) is 10.1. The van der Waals surface area contributed by atoms with E-state index in [1.807, 2.05) is 24.3 Å². The second kappa shape index (κ2) is 13.2. The highest BCUT2D eigenvalue weighted by atomic mass is 35.5. The minimum absolute atomic E-state index is 0.0936. The number of carbonyl (C=O) groups excluding carboxylic acids is 2. The molecule has 0 bridgehead atoms. The number of ether oxygens (including phenoxy) is 4. The van der Waals surface area contributed by atoms with Crippen LogP contribution in [0.4, 0.5) is 5.69 Å². The lowest BCUT2D eigenvalue weighted by Gasteiger charge is -2.37. The van der Waals surface area contributed by atoms with Crippen molar-refractivity contribution in [2.24, 2.45) is 0 Å². The molecule has 2 heterocycles. The van der Waals surface area contributed by atoms with E-state index in [1.54, 1.807) is 38.3 Å². The molecule has 2 aliphatic rings. The summed E-state index contributed by atoms with van der Waals surface area (Å²) in [5, 5.41) is 0.595. The van der Waals surface area contributed by atoms with Gasteiger partial charge in [-0.25, -0.2) is 0 Å². The van der Waals surface area contributed by atoms with Crippen LogP contribution < -0.4 is 19.1 Å². The number of nitrogens with zero attached hydrogens (tertiary/aromatic N) is 3. The number of fused-ring (bicyclic) bond motifs is 1. The molecule has 1 unspecified atom stereocenters. The average Bonchev–Trinajstić information content (AvgIpc) is 3.02. The van der Waals surface area contributed by atoms with E-state index in [0.717, 1.165) is 29.8 Å². The fourth-order valence-electron chi connectivity index (χ4n) is 5.25. The molecule has 42 heavy (non-hydrogen) atoms. The van der Waals surface area contributed by atoms with Gasteiger partial charge < -0.3 is 23.8 Å². The average molecular weight is 615 g/mol. The highest BCUT2D eigenvalue weighted by Gasteiger charge is 2.31. The number of benzene rings is 3. The maximum absolute atomic E-state index is 13.6. The number of morpholine rings is 1. The number of likely N-dealkylation sites (N-methyl/N-ethyl adjacent to an activating group) is 1. The van der Waals surface area contributed by atoms with E-state index in [1.165, 1.54) is 4.90 Å². The van der Waals surface area contributed by atoms with Gasteiger partial charge >= 0.3 is 0 Å². The first-order chi connectivity index (χ1) is 20.3. The van der Waals surface area contributed by atoms with E-state index in [0.29, 0.717) is 47.7 Å². The van der Waals surface area contributed by atoms with Crippen LogP contribution in [0.5, 0.6) is 17.2 Å². The van der Waals surface area contributed by atoms with Gasteiger partial charge in [0.1, 0.15) is 12.3 Å². The molecule has 9 nitrogen and oxygen atoms in total. The Hall–Kier alpha value is -3.50. The summed E-state index contributed by atoms with van der Waals surface area (Å²) >= 11 is 12.4. The lowest BCUT2D eigenvalue weighted by Crippen LogP contribution is -2.48. The van der Waals surface area contributed by atoms with Crippen LogP contribution >= 0.6 is 23.2 Å². The van der Waals surface area contributed by atoms with Gasteiger partial charge in [-0.3, -0.25) is 19.4 Å². The zero-order valence-corrected chi connectivity index (χ0v) is 25.3. The van der Waals surface area contributed by atoms with Gasteiger partial charge in [-0.15, -0.1) is 0 Å². The van der Waals surface area contributed by atoms with E-state index < -0.39 is 0 Å². The number of anilines is 1. The standard InChI is InChI=1S/C31H33Cl2N3O6/c1-34(30(37)18-36-25-15-23(32)24(33)16-28(25)42-19-31(36)38)17-26(35-9-11-41-12-10-35)22-6-4-5-20(13-22)21-7-8-27(39-2)29(14-21)40-3/h4-8,13-16,26H,9-12,17-19H2,1-3H3. The van der Waals surface area contributed by atoms with Crippen LogP contribution in [-0.4, -0.2) is 88.9 Å². The smallest absolute Gasteiger partial charge is 0.265 e. The molecule has 5 rings (SSSR count). The SMILES string of the molecule is COc1ccc(-c2cccc(C(CN(C)C(=O)CN3C(=O)COc4cc(Cl)c(Cl)cc43)N3CCOCC3)c2)cc1OC. The molecule has 0 aromatic heterocycles. The Kier molecular flexibility index (Phi) is 9.43. The number of methoxy groups -OCH3 is 2. The Morgan fingerprint density at radius 1 is 0.976 bits per heavy atom. The van der Waals surface area contributed by atoms with Gasteiger partial charge in [-0.2, -0.15) is 0 Å². The van der Waals surface area contributed by atoms with E-state index in [2.05, 4.69) is 23.1 Å². The molecule has 2 amide bonds. The second-order valence-corrected chi connectivity index (χ2v) is 11.0. The summed E-state index contributed by atoms with van der Waals surface area (Å²) < 4.78 is 22.1. The molecule has 0 radical (unpaired) electrons. The number of carbonyl (C=O) groups is 2. The van der Waals surface area contributed by atoms with E-state index in [4.69, 9.17) is 42.1 Å². The summed E-state index contributed by atoms with van der Waals surface area (Å²) in [6, 6.07) is 17.2. The third kappa shape index (κ3) is 6.44. The van der Waals surface area contributed by atoms with E-state index >= 15 is 0 Å². The van der Waals surface area contributed by atoms with Gasteiger partial charge in [0.05, 0.1) is 49.2 Å². The highest BCUT2D eigenvalue weighted by Crippen LogP contribution is 2.39. The number of hydrogen-bond donors (Lipinski definition) is 0. The van der Waals surface area contributed by atoms with Gasteiger partial charge in [-0.1, -0.05) is 47.5 Å². The Morgan fingerprint density at radius 2 is 1.69 bits per heavy atom. The van der Waals surface area contributed by atoms with Crippen LogP contribution in [0.15, 0.2) is 54.6 Å². The van der Waals surface area contributed by atoms with Crippen molar-refractivity contribution in [1.82, 2.24) is 9.80 Å². The lowest BCUT2D eigenvalue weighted by molar-refractivity contribution is -0.131. The summed E-state index contributed by atoms with van der Waals surface area (Å²) in [4.78, 5) is 31.7. The predicted octanol–water partition coefficient (Wildman–Crippen LogP) is 4.93. The normalized spacial score (nSPS) is 15.9.